The summed E-state index contributed by atoms with van der Waals surface area (Å²) in [6.07, 6.45) is 0. The van der Waals surface area contributed by atoms with Crippen LogP contribution in [0.25, 0.3) is 0 Å². The molecule has 0 bridgehead atoms. The maximum absolute atomic E-state index is 12.5. The van der Waals surface area contributed by atoms with Crippen LogP contribution in [0, 0.1) is 10.1 Å². The number of aromatic amines is 1. The van der Waals surface area contributed by atoms with Gasteiger partial charge in [-0.3, -0.25) is 24.5 Å². The Morgan fingerprint density at radius 3 is 2.53 bits per heavy atom. The molecule has 10 nitrogen and oxygen atoms in total. The van der Waals surface area contributed by atoms with Gasteiger partial charge in [-0.2, -0.15) is 0 Å². The highest BCUT2D eigenvalue weighted by Crippen LogP contribution is 2.27. The summed E-state index contributed by atoms with van der Waals surface area (Å²) < 4.78 is 6.55. The lowest BCUT2D eigenvalue weighted by Gasteiger charge is -2.22. The van der Waals surface area contributed by atoms with E-state index >= 15 is 0 Å². The minimum atomic E-state index is -0.645. The molecule has 0 aliphatic rings. The van der Waals surface area contributed by atoms with Crippen molar-refractivity contribution in [3.8, 4) is 5.75 Å². The summed E-state index contributed by atoms with van der Waals surface area (Å²) in [7, 11) is 3.06. The number of benzene rings is 2. The van der Waals surface area contributed by atoms with Gasteiger partial charge in [-0.05, 0) is 11.6 Å². The molecule has 1 aromatic heterocycles. The molecule has 10 heteroatoms. The van der Waals surface area contributed by atoms with Gasteiger partial charge in [0.2, 0.25) is 0 Å². The summed E-state index contributed by atoms with van der Waals surface area (Å²) in [6.45, 7) is 0.283. The van der Waals surface area contributed by atoms with Crippen LogP contribution in [0.4, 0.5) is 17.2 Å². The summed E-state index contributed by atoms with van der Waals surface area (Å²) in [5.41, 5.74) is 6.25. The average Bonchev–Trinajstić information content (AvgIpc) is 2.71. The van der Waals surface area contributed by atoms with Gasteiger partial charge in [0.1, 0.15) is 17.3 Å². The first-order chi connectivity index (χ1) is 14.3. The number of nitro benzene ring substituents is 1. The Kier molecular flexibility index (Phi) is 5.86. The quantitative estimate of drug-likeness (QED) is 0.446. The van der Waals surface area contributed by atoms with Crippen molar-refractivity contribution >= 4 is 17.2 Å². The molecule has 0 saturated carbocycles. The number of nitrogens with two attached hydrogens (primary N) is 1. The SMILES string of the molecule is COc1ccc([N+](=O)[O-])cc1CN(C)c1c(N)n(Cc2ccccc2)c(=O)[nH]c1=O. The van der Waals surface area contributed by atoms with Gasteiger partial charge >= 0.3 is 5.69 Å². The van der Waals surface area contributed by atoms with Gasteiger partial charge in [-0.15, -0.1) is 0 Å². The van der Waals surface area contributed by atoms with Crippen LogP contribution in [0.3, 0.4) is 0 Å². The number of hydrogen-bond donors (Lipinski definition) is 2. The number of H-pyrrole nitrogens is 1. The number of non-ortho nitro benzene ring substituents is 1. The van der Waals surface area contributed by atoms with Crippen LogP contribution in [-0.4, -0.2) is 28.6 Å². The fraction of sp³-hybridized carbons (Fsp3) is 0.200. The third kappa shape index (κ3) is 4.17. The Bertz CT molecular complexity index is 1190. The van der Waals surface area contributed by atoms with E-state index in [4.69, 9.17) is 10.5 Å². The molecule has 0 fully saturated rings. The standard InChI is InChI=1S/C20H21N5O5/c1-23(12-14-10-15(25(28)29)8-9-16(14)30-2)17-18(21)24(20(27)22-19(17)26)11-13-6-4-3-5-7-13/h3-10H,11-12,21H2,1-2H3,(H,22,26,27). The normalized spacial score (nSPS) is 10.6. The molecule has 0 amide bonds. The van der Waals surface area contributed by atoms with Crippen LogP contribution < -0.4 is 26.6 Å². The van der Waals surface area contributed by atoms with Crippen molar-refractivity contribution in [3.05, 3.63) is 90.6 Å². The monoisotopic (exact) mass is 411 g/mol. The Hall–Kier alpha value is -4.08. The Labute approximate surface area is 171 Å². The van der Waals surface area contributed by atoms with Gasteiger partial charge in [0.25, 0.3) is 11.2 Å². The van der Waals surface area contributed by atoms with Crippen LogP contribution in [0.2, 0.25) is 0 Å². The van der Waals surface area contributed by atoms with Crippen molar-refractivity contribution in [2.75, 3.05) is 24.8 Å². The van der Waals surface area contributed by atoms with E-state index < -0.39 is 16.2 Å². The summed E-state index contributed by atoms with van der Waals surface area (Å²) in [5.74, 6) is 0.430. The van der Waals surface area contributed by atoms with Gasteiger partial charge in [-0.1, -0.05) is 30.3 Å². The third-order valence-corrected chi connectivity index (χ3v) is 4.66. The van der Waals surface area contributed by atoms with Gasteiger partial charge < -0.3 is 15.4 Å². The van der Waals surface area contributed by atoms with Gasteiger partial charge in [-0.25, -0.2) is 4.79 Å². The number of anilines is 2. The predicted molar refractivity (Wildman–Crippen MR) is 113 cm³/mol. The zero-order valence-corrected chi connectivity index (χ0v) is 16.5. The molecular weight excluding hydrogens is 390 g/mol. The summed E-state index contributed by atoms with van der Waals surface area (Å²) >= 11 is 0. The molecule has 0 atom stereocenters. The third-order valence-electron chi connectivity index (χ3n) is 4.66. The van der Waals surface area contributed by atoms with E-state index in [1.54, 1.807) is 7.05 Å². The topological polar surface area (TPSA) is 136 Å². The second kappa shape index (κ2) is 8.52. The van der Waals surface area contributed by atoms with Crippen molar-refractivity contribution in [3.63, 3.8) is 0 Å². The molecule has 0 aliphatic carbocycles. The largest absolute Gasteiger partial charge is 0.496 e. The average molecular weight is 411 g/mol. The smallest absolute Gasteiger partial charge is 0.330 e. The highest BCUT2D eigenvalue weighted by atomic mass is 16.6. The molecule has 1 heterocycles. The lowest BCUT2D eigenvalue weighted by molar-refractivity contribution is -0.384. The van der Waals surface area contributed by atoms with Gasteiger partial charge in [0, 0.05) is 31.3 Å². The lowest BCUT2D eigenvalue weighted by Crippen LogP contribution is -2.37. The molecule has 3 aromatic rings. The first-order valence-electron chi connectivity index (χ1n) is 9.00. The van der Waals surface area contributed by atoms with Crippen molar-refractivity contribution in [1.29, 1.82) is 0 Å². The Morgan fingerprint density at radius 1 is 1.20 bits per heavy atom. The maximum Gasteiger partial charge on any atom is 0.330 e. The number of hydrogen-bond acceptors (Lipinski definition) is 7. The van der Waals surface area contributed by atoms with E-state index in [1.807, 2.05) is 30.3 Å². The molecule has 156 valence electrons. The number of methoxy groups -OCH3 is 1. The van der Waals surface area contributed by atoms with E-state index in [1.165, 1.54) is 34.8 Å². The lowest BCUT2D eigenvalue weighted by atomic mass is 10.1. The number of nitrogen functional groups attached to an aromatic ring is 1. The first kappa shape index (κ1) is 20.6. The van der Waals surface area contributed by atoms with Crippen LogP contribution in [0.1, 0.15) is 11.1 Å². The van der Waals surface area contributed by atoms with E-state index in [0.29, 0.717) is 11.3 Å². The van der Waals surface area contributed by atoms with Crippen molar-refractivity contribution < 1.29 is 9.66 Å². The molecule has 0 unspecified atom stereocenters. The second-order valence-corrected chi connectivity index (χ2v) is 6.67. The zero-order valence-electron chi connectivity index (χ0n) is 16.5. The number of ether oxygens (including phenoxy) is 1. The van der Waals surface area contributed by atoms with Crippen molar-refractivity contribution in [2.24, 2.45) is 0 Å². The minimum Gasteiger partial charge on any atom is -0.496 e. The Morgan fingerprint density at radius 2 is 1.90 bits per heavy atom. The van der Waals surface area contributed by atoms with Crippen LogP contribution in [0.15, 0.2) is 58.1 Å². The highest BCUT2D eigenvalue weighted by molar-refractivity contribution is 5.63. The number of rotatable bonds is 7. The number of nitro groups is 1. The van der Waals surface area contributed by atoms with Gasteiger partial charge in [0.05, 0.1) is 18.6 Å². The van der Waals surface area contributed by atoms with Crippen molar-refractivity contribution in [2.45, 2.75) is 13.1 Å². The van der Waals surface area contributed by atoms with Crippen molar-refractivity contribution in [1.82, 2.24) is 9.55 Å². The summed E-state index contributed by atoms with van der Waals surface area (Å²) in [6, 6.07) is 13.4. The summed E-state index contributed by atoms with van der Waals surface area (Å²) in [4.78, 5) is 39.2. The molecular formula is C20H21N5O5. The number of aromatic nitrogens is 2. The molecule has 3 rings (SSSR count). The van der Waals surface area contributed by atoms with E-state index in [9.17, 15) is 19.7 Å². The van der Waals surface area contributed by atoms with Crippen LogP contribution >= 0.6 is 0 Å². The molecule has 0 spiro atoms. The molecule has 0 saturated heterocycles. The zero-order chi connectivity index (χ0) is 21.8. The highest BCUT2D eigenvalue weighted by Gasteiger charge is 2.19. The fourth-order valence-corrected chi connectivity index (χ4v) is 3.21. The molecule has 2 aromatic carbocycles. The number of nitrogens with zero attached hydrogens (tertiary/aromatic N) is 3. The fourth-order valence-electron chi connectivity index (χ4n) is 3.21. The molecule has 30 heavy (non-hydrogen) atoms. The molecule has 0 radical (unpaired) electrons. The van der Waals surface area contributed by atoms with E-state index in [-0.39, 0.29) is 30.3 Å². The molecule has 0 aliphatic heterocycles. The first-order valence-corrected chi connectivity index (χ1v) is 9.00. The Balaban J connectivity index is 2.01. The predicted octanol–water partition coefficient (Wildman–Crippen LogP) is 1.72. The van der Waals surface area contributed by atoms with Crippen LogP contribution in [-0.2, 0) is 13.1 Å². The van der Waals surface area contributed by atoms with Gasteiger partial charge in [0.15, 0.2) is 0 Å². The maximum atomic E-state index is 12.5. The second-order valence-electron chi connectivity index (χ2n) is 6.67. The summed E-state index contributed by atoms with van der Waals surface area (Å²) in [5, 5.41) is 11.1. The van der Waals surface area contributed by atoms with E-state index in [2.05, 4.69) is 4.98 Å². The minimum absolute atomic E-state index is 0.000462. The van der Waals surface area contributed by atoms with E-state index in [0.717, 1.165) is 5.56 Å². The van der Waals surface area contributed by atoms with Crippen LogP contribution in [0.5, 0.6) is 5.75 Å². The number of nitrogens with one attached hydrogen (secondary N) is 1. The molecule has 3 N–H and O–H groups in total.